The molecule has 1 nitrogen and oxygen atoms in total. The second kappa shape index (κ2) is 2.78. The molecule has 0 spiro atoms. The van der Waals surface area contributed by atoms with Gasteiger partial charge in [0, 0.05) is 0 Å². The van der Waals surface area contributed by atoms with Crippen LogP contribution in [-0.4, -0.2) is 11.2 Å². The predicted molar refractivity (Wildman–Crippen MR) is 47.3 cm³/mol. The minimum Gasteiger partial charge on any atom is -0.392 e. The molecule has 0 bridgehead atoms. The number of hydrogen-bond donors (Lipinski definition) is 1. The molecule has 1 N–H and O–H groups in total. The molecule has 1 heteroatoms. The summed E-state index contributed by atoms with van der Waals surface area (Å²) in [7, 11) is 0. The van der Waals surface area contributed by atoms with Crippen LogP contribution in [0.15, 0.2) is 0 Å². The SMILES string of the molecule is CC(C)C(O)C1(C(C)C)CC1. The molecule has 1 unspecified atom stereocenters. The van der Waals surface area contributed by atoms with Crippen molar-refractivity contribution in [2.24, 2.45) is 17.3 Å². The van der Waals surface area contributed by atoms with E-state index in [-0.39, 0.29) is 11.5 Å². The fourth-order valence-electron chi connectivity index (χ4n) is 2.02. The van der Waals surface area contributed by atoms with E-state index in [0.29, 0.717) is 11.8 Å². The number of aliphatic hydroxyl groups is 1. The third-order valence-electron chi connectivity index (χ3n) is 3.20. The van der Waals surface area contributed by atoms with E-state index < -0.39 is 0 Å². The molecule has 1 rings (SSSR count). The maximum atomic E-state index is 9.89. The highest BCUT2D eigenvalue weighted by Gasteiger charge is 2.51. The fraction of sp³-hybridized carbons (Fsp3) is 1.00. The first-order chi connectivity index (χ1) is 5.00. The molecule has 1 aliphatic carbocycles. The molecule has 11 heavy (non-hydrogen) atoms. The van der Waals surface area contributed by atoms with Crippen molar-refractivity contribution in [1.29, 1.82) is 0 Å². The second-order valence-corrected chi connectivity index (χ2v) is 4.58. The molecule has 0 amide bonds. The summed E-state index contributed by atoms with van der Waals surface area (Å²) in [5.41, 5.74) is 0.286. The lowest BCUT2D eigenvalue weighted by atomic mass is 9.82. The summed E-state index contributed by atoms with van der Waals surface area (Å²) in [6.07, 6.45) is 2.37. The van der Waals surface area contributed by atoms with Crippen molar-refractivity contribution in [2.45, 2.75) is 46.6 Å². The minimum absolute atomic E-state index is 0.0810. The molecule has 0 aliphatic heterocycles. The van der Waals surface area contributed by atoms with E-state index in [9.17, 15) is 5.11 Å². The quantitative estimate of drug-likeness (QED) is 0.665. The average molecular weight is 156 g/mol. The maximum Gasteiger partial charge on any atom is 0.0621 e. The molecule has 0 heterocycles. The van der Waals surface area contributed by atoms with Crippen molar-refractivity contribution < 1.29 is 5.11 Å². The van der Waals surface area contributed by atoms with E-state index in [1.807, 2.05) is 0 Å². The topological polar surface area (TPSA) is 20.2 Å². The third-order valence-corrected chi connectivity index (χ3v) is 3.20. The molecule has 0 aromatic heterocycles. The second-order valence-electron chi connectivity index (χ2n) is 4.58. The monoisotopic (exact) mass is 156 g/mol. The van der Waals surface area contributed by atoms with E-state index in [4.69, 9.17) is 0 Å². The number of aliphatic hydroxyl groups excluding tert-OH is 1. The van der Waals surface area contributed by atoms with Crippen LogP contribution >= 0.6 is 0 Å². The summed E-state index contributed by atoms with van der Waals surface area (Å²) >= 11 is 0. The zero-order chi connectivity index (χ0) is 8.65. The van der Waals surface area contributed by atoms with Crippen molar-refractivity contribution >= 4 is 0 Å². The largest absolute Gasteiger partial charge is 0.392 e. The molecule has 1 atom stereocenters. The van der Waals surface area contributed by atoms with Gasteiger partial charge in [-0.25, -0.2) is 0 Å². The van der Waals surface area contributed by atoms with Gasteiger partial charge in [0.2, 0.25) is 0 Å². The zero-order valence-electron chi connectivity index (χ0n) is 8.09. The van der Waals surface area contributed by atoms with Crippen molar-refractivity contribution in [3.05, 3.63) is 0 Å². The Kier molecular flexibility index (Phi) is 2.29. The van der Waals surface area contributed by atoms with Gasteiger partial charge in [0.25, 0.3) is 0 Å². The summed E-state index contributed by atoms with van der Waals surface area (Å²) in [6.45, 7) is 8.65. The van der Waals surface area contributed by atoms with Gasteiger partial charge in [0.1, 0.15) is 0 Å². The van der Waals surface area contributed by atoms with E-state index >= 15 is 0 Å². The normalized spacial score (nSPS) is 24.3. The van der Waals surface area contributed by atoms with Gasteiger partial charge in [-0.15, -0.1) is 0 Å². The Labute approximate surface area is 69.8 Å². The van der Waals surface area contributed by atoms with Crippen LogP contribution in [0.25, 0.3) is 0 Å². The molecule has 0 aromatic rings. The molecule has 0 saturated heterocycles. The molecule has 0 radical (unpaired) electrons. The number of hydrogen-bond acceptors (Lipinski definition) is 1. The van der Waals surface area contributed by atoms with Gasteiger partial charge in [-0.2, -0.15) is 0 Å². The van der Waals surface area contributed by atoms with Crippen LogP contribution in [0.4, 0.5) is 0 Å². The Balaban J connectivity index is 2.58. The van der Waals surface area contributed by atoms with Crippen LogP contribution in [0.2, 0.25) is 0 Å². The van der Waals surface area contributed by atoms with E-state index in [2.05, 4.69) is 27.7 Å². The van der Waals surface area contributed by atoms with Crippen LogP contribution in [-0.2, 0) is 0 Å². The third kappa shape index (κ3) is 1.44. The zero-order valence-corrected chi connectivity index (χ0v) is 8.09. The van der Waals surface area contributed by atoms with Crippen LogP contribution in [0.3, 0.4) is 0 Å². The highest BCUT2D eigenvalue weighted by atomic mass is 16.3. The highest BCUT2D eigenvalue weighted by molar-refractivity contribution is 5.01. The first-order valence-corrected chi connectivity index (χ1v) is 4.69. The van der Waals surface area contributed by atoms with Gasteiger partial charge in [0.15, 0.2) is 0 Å². The predicted octanol–water partition coefficient (Wildman–Crippen LogP) is 2.44. The van der Waals surface area contributed by atoms with Gasteiger partial charge in [0.05, 0.1) is 6.10 Å². The molecule has 66 valence electrons. The Hall–Kier alpha value is -0.0400. The van der Waals surface area contributed by atoms with Crippen molar-refractivity contribution in [3.63, 3.8) is 0 Å². The molecule has 1 fully saturated rings. The number of rotatable bonds is 3. The van der Waals surface area contributed by atoms with Crippen LogP contribution in [0.5, 0.6) is 0 Å². The minimum atomic E-state index is -0.0810. The lowest BCUT2D eigenvalue weighted by Gasteiger charge is -2.28. The molecular formula is C10H20O. The Bertz CT molecular complexity index is 134. The lowest BCUT2D eigenvalue weighted by Crippen LogP contribution is -2.31. The van der Waals surface area contributed by atoms with Crippen molar-refractivity contribution in [2.75, 3.05) is 0 Å². The first kappa shape index (κ1) is 9.05. The molecular weight excluding hydrogens is 136 g/mol. The standard InChI is InChI=1S/C10H20O/c1-7(2)9(11)10(5-6-10)8(3)4/h7-9,11H,5-6H2,1-4H3. The van der Waals surface area contributed by atoms with E-state index in [1.54, 1.807) is 0 Å². The van der Waals surface area contributed by atoms with Gasteiger partial charge >= 0.3 is 0 Å². The van der Waals surface area contributed by atoms with Gasteiger partial charge in [-0.3, -0.25) is 0 Å². The van der Waals surface area contributed by atoms with Crippen molar-refractivity contribution in [1.82, 2.24) is 0 Å². The van der Waals surface area contributed by atoms with Crippen LogP contribution in [0.1, 0.15) is 40.5 Å². The van der Waals surface area contributed by atoms with Crippen molar-refractivity contribution in [3.8, 4) is 0 Å². The average Bonchev–Trinajstić information content (AvgIpc) is 2.65. The van der Waals surface area contributed by atoms with Gasteiger partial charge in [-0.05, 0) is 30.1 Å². The summed E-state index contributed by atoms with van der Waals surface area (Å²) < 4.78 is 0. The summed E-state index contributed by atoms with van der Waals surface area (Å²) in [6, 6.07) is 0. The lowest BCUT2D eigenvalue weighted by molar-refractivity contribution is 0.0264. The maximum absolute atomic E-state index is 9.89. The van der Waals surface area contributed by atoms with Crippen LogP contribution < -0.4 is 0 Å². The Morgan fingerprint density at radius 2 is 1.55 bits per heavy atom. The van der Waals surface area contributed by atoms with Gasteiger partial charge in [-0.1, -0.05) is 27.7 Å². The summed E-state index contributed by atoms with van der Waals surface area (Å²) in [5, 5.41) is 9.89. The summed E-state index contributed by atoms with van der Waals surface area (Å²) in [5.74, 6) is 1.06. The van der Waals surface area contributed by atoms with Crippen LogP contribution in [0, 0.1) is 17.3 Å². The fourth-order valence-corrected chi connectivity index (χ4v) is 2.02. The molecule has 1 aliphatic rings. The Morgan fingerprint density at radius 1 is 1.09 bits per heavy atom. The first-order valence-electron chi connectivity index (χ1n) is 4.69. The van der Waals surface area contributed by atoms with E-state index in [0.717, 1.165) is 0 Å². The smallest absolute Gasteiger partial charge is 0.0621 e. The summed E-state index contributed by atoms with van der Waals surface area (Å²) in [4.78, 5) is 0. The van der Waals surface area contributed by atoms with E-state index in [1.165, 1.54) is 12.8 Å². The Morgan fingerprint density at radius 3 is 1.64 bits per heavy atom. The highest BCUT2D eigenvalue weighted by Crippen LogP contribution is 2.56. The van der Waals surface area contributed by atoms with Gasteiger partial charge < -0.3 is 5.11 Å². The molecule has 1 saturated carbocycles. The molecule has 0 aromatic carbocycles.